The number of ether oxygens (including phenoxy) is 1. The highest BCUT2D eigenvalue weighted by Gasteiger charge is 2.38. The molecule has 1 saturated carbocycles. The molecule has 3 rings (SSSR count). The van der Waals surface area contributed by atoms with E-state index >= 15 is 0 Å². The minimum Gasteiger partial charge on any atom is -0.455 e. The number of rotatable bonds is 6. The molecule has 1 unspecified atom stereocenters. The van der Waals surface area contributed by atoms with Crippen LogP contribution in [0.3, 0.4) is 0 Å². The summed E-state index contributed by atoms with van der Waals surface area (Å²) in [7, 11) is -3.09. The highest BCUT2D eigenvalue weighted by molar-refractivity contribution is 7.91. The number of aryl methyl sites for hydroxylation is 1. The molecule has 1 saturated heterocycles. The molecule has 2 heterocycles. The zero-order valence-corrected chi connectivity index (χ0v) is 17.2. The maximum Gasteiger partial charge on any atom is 0.312 e. The minimum absolute atomic E-state index is 0.0152. The number of hydrogen-bond acceptors (Lipinski definition) is 7. The van der Waals surface area contributed by atoms with Gasteiger partial charge in [0.05, 0.1) is 28.6 Å². The molecule has 1 aromatic heterocycles. The highest BCUT2D eigenvalue weighted by Crippen LogP contribution is 2.28. The fourth-order valence-corrected chi connectivity index (χ4v) is 6.29. The topological polar surface area (TPSA) is 93.6 Å². The number of esters is 1. The lowest BCUT2D eigenvalue weighted by Gasteiger charge is -2.38. The Morgan fingerprint density at radius 2 is 1.96 bits per heavy atom. The van der Waals surface area contributed by atoms with Crippen LogP contribution in [-0.2, 0) is 30.6 Å². The van der Waals surface area contributed by atoms with Gasteiger partial charge in [-0.25, -0.2) is 13.4 Å². The number of thiazole rings is 1. The Bertz CT molecular complexity index is 783. The summed E-state index contributed by atoms with van der Waals surface area (Å²) in [4.78, 5) is 30.8. The molecule has 1 atom stereocenters. The van der Waals surface area contributed by atoms with Crippen LogP contribution in [0.4, 0.5) is 0 Å². The summed E-state index contributed by atoms with van der Waals surface area (Å²) in [5.41, 5.74) is 0.640. The monoisotopic (exact) mass is 414 g/mol. The number of amides is 1. The summed E-state index contributed by atoms with van der Waals surface area (Å²) in [6.45, 7) is 1.52. The zero-order chi connectivity index (χ0) is 19.4. The van der Waals surface area contributed by atoms with Gasteiger partial charge in [-0.3, -0.25) is 9.59 Å². The van der Waals surface area contributed by atoms with E-state index in [-0.39, 0.29) is 42.5 Å². The van der Waals surface area contributed by atoms with E-state index in [1.54, 1.807) is 10.3 Å². The van der Waals surface area contributed by atoms with E-state index in [9.17, 15) is 18.0 Å². The summed E-state index contributed by atoms with van der Waals surface area (Å²) in [6, 6.07) is -0.255. The fourth-order valence-electron chi connectivity index (χ4n) is 3.96. The lowest BCUT2D eigenvalue weighted by atomic mass is 9.93. The van der Waals surface area contributed by atoms with E-state index in [1.807, 2.05) is 6.92 Å². The van der Waals surface area contributed by atoms with Crippen LogP contribution in [0, 0.1) is 6.92 Å². The van der Waals surface area contributed by atoms with Crippen molar-refractivity contribution in [3.8, 4) is 0 Å². The lowest BCUT2D eigenvalue weighted by molar-refractivity contribution is -0.154. The van der Waals surface area contributed by atoms with E-state index < -0.39 is 15.8 Å². The van der Waals surface area contributed by atoms with Crippen molar-refractivity contribution in [2.24, 2.45) is 0 Å². The summed E-state index contributed by atoms with van der Waals surface area (Å²) < 4.78 is 29.0. The second kappa shape index (κ2) is 8.68. The van der Waals surface area contributed by atoms with Gasteiger partial charge in [-0.2, -0.15) is 0 Å². The molecule has 7 nitrogen and oxygen atoms in total. The first kappa shape index (κ1) is 20.3. The Balaban J connectivity index is 1.61. The molecule has 0 radical (unpaired) electrons. The summed E-state index contributed by atoms with van der Waals surface area (Å²) in [6.07, 6.45) is 5.50. The standard InChI is InChI=1S/C18H26N2O5S2/c1-13-19-14(11-26-13)9-18(22)25-10-17(21)20(15-5-3-2-4-6-15)16-7-8-27(23,24)12-16/h11,15-16H,2-10,12H2,1H3. The molecule has 150 valence electrons. The third-order valence-corrected chi connectivity index (χ3v) is 7.78. The predicted molar refractivity (Wildman–Crippen MR) is 102 cm³/mol. The first-order valence-electron chi connectivity index (χ1n) is 9.42. The van der Waals surface area contributed by atoms with Crippen molar-refractivity contribution < 1.29 is 22.7 Å². The number of sulfone groups is 1. The summed E-state index contributed by atoms with van der Waals surface area (Å²) in [5.74, 6) is -0.638. The van der Waals surface area contributed by atoms with Gasteiger partial charge < -0.3 is 9.64 Å². The van der Waals surface area contributed by atoms with Crippen molar-refractivity contribution in [2.75, 3.05) is 18.1 Å². The number of aromatic nitrogens is 1. The highest BCUT2D eigenvalue weighted by atomic mass is 32.2. The van der Waals surface area contributed by atoms with Crippen LogP contribution < -0.4 is 0 Å². The maximum atomic E-state index is 12.8. The van der Waals surface area contributed by atoms with Gasteiger partial charge in [0.2, 0.25) is 0 Å². The molecule has 0 aromatic carbocycles. The van der Waals surface area contributed by atoms with E-state index in [1.165, 1.54) is 11.3 Å². The summed E-state index contributed by atoms with van der Waals surface area (Å²) >= 11 is 1.46. The Kier molecular flexibility index (Phi) is 6.52. The van der Waals surface area contributed by atoms with Gasteiger partial charge in [-0.15, -0.1) is 11.3 Å². The number of nitrogens with zero attached hydrogens (tertiary/aromatic N) is 2. The van der Waals surface area contributed by atoms with Crippen LogP contribution in [0.25, 0.3) is 0 Å². The van der Waals surface area contributed by atoms with Crippen LogP contribution in [0.1, 0.15) is 49.2 Å². The largest absolute Gasteiger partial charge is 0.455 e. The lowest BCUT2D eigenvalue weighted by Crippen LogP contribution is -2.50. The van der Waals surface area contributed by atoms with Gasteiger partial charge in [-0.05, 0) is 26.2 Å². The fraction of sp³-hybridized carbons (Fsp3) is 0.722. The normalized spacial score (nSPS) is 22.5. The molecule has 9 heteroatoms. The Morgan fingerprint density at radius 3 is 2.56 bits per heavy atom. The van der Waals surface area contributed by atoms with Gasteiger partial charge in [-0.1, -0.05) is 19.3 Å². The van der Waals surface area contributed by atoms with Crippen LogP contribution in [0.15, 0.2) is 5.38 Å². The Morgan fingerprint density at radius 1 is 1.22 bits per heavy atom. The van der Waals surface area contributed by atoms with Crippen molar-refractivity contribution >= 4 is 33.1 Å². The molecule has 1 aromatic rings. The van der Waals surface area contributed by atoms with E-state index in [0.29, 0.717) is 12.1 Å². The molecule has 27 heavy (non-hydrogen) atoms. The molecule has 0 N–H and O–H groups in total. The van der Waals surface area contributed by atoms with Crippen molar-refractivity contribution in [3.05, 3.63) is 16.1 Å². The van der Waals surface area contributed by atoms with Crippen LogP contribution in [0.2, 0.25) is 0 Å². The zero-order valence-electron chi connectivity index (χ0n) is 15.6. The molecule has 0 spiro atoms. The first-order chi connectivity index (χ1) is 12.8. The van der Waals surface area contributed by atoms with E-state index in [0.717, 1.165) is 37.1 Å². The molecule has 1 amide bonds. The van der Waals surface area contributed by atoms with Gasteiger partial charge in [0.15, 0.2) is 16.4 Å². The van der Waals surface area contributed by atoms with Gasteiger partial charge in [0.25, 0.3) is 5.91 Å². The average Bonchev–Trinajstić information content (AvgIpc) is 3.19. The minimum atomic E-state index is -3.09. The van der Waals surface area contributed by atoms with Gasteiger partial charge in [0.1, 0.15) is 0 Å². The maximum absolute atomic E-state index is 12.8. The number of hydrogen-bond donors (Lipinski definition) is 0. The number of carbonyl (C=O) groups excluding carboxylic acids is 2. The Labute approximate surface area is 164 Å². The quantitative estimate of drug-likeness (QED) is 0.660. The molecular formula is C18H26N2O5S2. The SMILES string of the molecule is Cc1nc(CC(=O)OCC(=O)N(C2CCCCC2)C2CCS(=O)(=O)C2)cs1. The average molecular weight is 415 g/mol. The van der Waals surface area contributed by atoms with E-state index in [2.05, 4.69) is 4.98 Å². The molecule has 1 aliphatic heterocycles. The van der Waals surface area contributed by atoms with Crippen LogP contribution >= 0.6 is 11.3 Å². The smallest absolute Gasteiger partial charge is 0.312 e. The molecule has 2 fully saturated rings. The van der Waals surface area contributed by atoms with E-state index in [4.69, 9.17) is 4.74 Å². The van der Waals surface area contributed by atoms with Crippen molar-refractivity contribution in [1.29, 1.82) is 0 Å². The van der Waals surface area contributed by atoms with Crippen molar-refractivity contribution in [3.63, 3.8) is 0 Å². The first-order valence-corrected chi connectivity index (χ1v) is 12.1. The molecular weight excluding hydrogens is 388 g/mol. The molecule has 0 bridgehead atoms. The molecule has 1 aliphatic carbocycles. The summed E-state index contributed by atoms with van der Waals surface area (Å²) in [5, 5.41) is 2.68. The van der Waals surface area contributed by atoms with Gasteiger partial charge in [0, 0.05) is 17.5 Å². The van der Waals surface area contributed by atoms with Crippen molar-refractivity contribution in [2.45, 2.75) is 64.0 Å². The Hall–Kier alpha value is -1.48. The third kappa shape index (κ3) is 5.51. The third-order valence-electron chi connectivity index (χ3n) is 5.21. The predicted octanol–water partition coefficient (Wildman–Crippen LogP) is 1.89. The molecule has 2 aliphatic rings. The second-order valence-corrected chi connectivity index (χ2v) is 10.6. The van der Waals surface area contributed by atoms with Gasteiger partial charge >= 0.3 is 5.97 Å². The van der Waals surface area contributed by atoms with Crippen molar-refractivity contribution in [1.82, 2.24) is 9.88 Å². The number of carbonyl (C=O) groups is 2. The van der Waals surface area contributed by atoms with Crippen LogP contribution in [0.5, 0.6) is 0 Å². The second-order valence-electron chi connectivity index (χ2n) is 7.35. The van der Waals surface area contributed by atoms with Crippen LogP contribution in [-0.4, -0.2) is 60.4 Å².